The van der Waals surface area contributed by atoms with Crippen LogP contribution in [-0.2, 0) is 0 Å². The second-order valence-corrected chi connectivity index (χ2v) is 5.42. The van der Waals surface area contributed by atoms with E-state index in [1.807, 2.05) is 18.2 Å². The normalized spacial score (nSPS) is 18.8. The van der Waals surface area contributed by atoms with Crippen molar-refractivity contribution in [1.82, 2.24) is 15.3 Å². The van der Waals surface area contributed by atoms with Crippen LogP contribution < -0.4 is 16.7 Å². The summed E-state index contributed by atoms with van der Waals surface area (Å²) >= 11 is 0. The van der Waals surface area contributed by atoms with Gasteiger partial charge in [0.25, 0.3) is 0 Å². The molecule has 0 amide bonds. The molecule has 1 saturated heterocycles. The van der Waals surface area contributed by atoms with Gasteiger partial charge >= 0.3 is 5.69 Å². The molecule has 5 nitrogen and oxygen atoms in total. The maximum absolute atomic E-state index is 11.2. The number of rotatable bonds is 3. The van der Waals surface area contributed by atoms with E-state index in [4.69, 9.17) is 5.73 Å². The van der Waals surface area contributed by atoms with Crippen LogP contribution >= 0.6 is 0 Å². The SMILES string of the molecule is NC(CC1CCNCC1)c1ccc2[nH]c(=O)[nH]c2c1. The van der Waals surface area contributed by atoms with Crippen LogP contribution in [-0.4, -0.2) is 23.1 Å². The Kier molecular flexibility index (Phi) is 3.40. The van der Waals surface area contributed by atoms with Crippen molar-refractivity contribution in [2.24, 2.45) is 11.7 Å². The fraction of sp³-hybridized carbons (Fsp3) is 0.500. The third kappa shape index (κ3) is 2.72. The Bertz CT molecular complexity index is 609. The van der Waals surface area contributed by atoms with Crippen LogP contribution in [0.3, 0.4) is 0 Å². The van der Waals surface area contributed by atoms with E-state index in [9.17, 15) is 4.79 Å². The number of imidazole rings is 1. The van der Waals surface area contributed by atoms with Crippen LogP contribution in [0.5, 0.6) is 0 Å². The fourth-order valence-corrected chi connectivity index (χ4v) is 2.89. The molecule has 0 aliphatic carbocycles. The van der Waals surface area contributed by atoms with E-state index in [1.54, 1.807) is 0 Å². The molecule has 102 valence electrons. The summed E-state index contributed by atoms with van der Waals surface area (Å²) in [6.45, 7) is 2.20. The zero-order chi connectivity index (χ0) is 13.2. The van der Waals surface area contributed by atoms with E-state index >= 15 is 0 Å². The number of nitrogens with one attached hydrogen (secondary N) is 3. The van der Waals surface area contributed by atoms with Crippen molar-refractivity contribution < 1.29 is 0 Å². The number of benzene rings is 1. The van der Waals surface area contributed by atoms with Gasteiger partial charge < -0.3 is 21.0 Å². The van der Waals surface area contributed by atoms with Gasteiger partial charge in [-0.05, 0) is 56.0 Å². The molecule has 1 aromatic heterocycles. The minimum absolute atomic E-state index is 0.0471. The first-order chi connectivity index (χ1) is 9.22. The van der Waals surface area contributed by atoms with Crippen LogP contribution in [0.2, 0.25) is 0 Å². The van der Waals surface area contributed by atoms with Crippen molar-refractivity contribution in [2.75, 3.05) is 13.1 Å². The smallest absolute Gasteiger partial charge is 0.323 e. The van der Waals surface area contributed by atoms with Gasteiger partial charge in [-0.25, -0.2) is 4.79 Å². The van der Waals surface area contributed by atoms with Crippen molar-refractivity contribution in [3.8, 4) is 0 Å². The summed E-state index contributed by atoms with van der Waals surface area (Å²) in [6, 6.07) is 5.97. The molecule has 1 aliphatic rings. The van der Waals surface area contributed by atoms with Gasteiger partial charge in [0, 0.05) is 6.04 Å². The molecule has 3 rings (SSSR count). The fourth-order valence-electron chi connectivity index (χ4n) is 2.89. The number of aromatic nitrogens is 2. The largest absolute Gasteiger partial charge is 0.324 e. The first kappa shape index (κ1) is 12.4. The Hall–Kier alpha value is -1.59. The lowest BCUT2D eigenvalue weighted by Crippen LogP contribution is -2.29. The third-order valence-corrected chi connectivity index (χ3v) is 4.01. The van der Waals surface area contributed by atoms with Crippen LogP contribution in [0.25, 0.3) is 11.0 Å². The van der Waals surface area contributed by atoms with E-state index in [2.05, 4.69) is 15.3 Å². The van der Waals surface area contributed by atoms with E-state index in [0.29, 0.717) is 5.92 Å². The minimum atomic E-state index is -0.168. The van der Waals surface area contributed by atoms with Crippen LogP contribution in [0.4, 0.5) is 0 Å². The quantitative estimate of drug-likeness (QED) is 0.670. The second-order valence-electron chi connectivity index (χ2n) is 5.42. The number of nitrogens with two attached hydrogens (primary N) is 1. The van der Waals surface area contributed by atoms with E-state index in [-0.39, 0.29) is 11.7 Å². The predicted molar refractivity (Wildman–Crippen MR) is 76.1 cm³/mol. The second kappa shape index (κ2) is 5.19. The van der Waals surface area contributed by atoms with Gasteiger partial charge in [-0.1, -0.05) is 6.07 Å². The van der Waals surface area contributed by atoms with Crippen LogP contribution in [0.1, 0.15) is 30.9 Å². The molecule has 1 unspecified atom stereocenters. The topological polar surface area (TPSA) is 86.7 Å². The molecule has 0 bridgehead atoms. The van der Waals surface area contributed by atoms with Gasteiger partial charge in [0.1, 0.15) is 0 Å². The summed E-state index contributed by atoms with van der Waals surface area (Å²) in [7, 11) is 0. The molecule has 1 fully saturated rings. The number of H-pyrrole nitrogens is 2. The molecule has 1 atom stereocenters. The summed E-state index contributed by atoms with van der Waals surface area (Å²) < 4.78 is 0. The predicted octanol–water partition coefficient (Wildman–Crippen LogP) is 1.25. The maximum Gasteiger partial charge on any atom is 0.323 e. The van der Waals surface area contributed by atoms with E-state index < -0.39 is 0 Å². The molecule has 1 aliphatic heterocycles. The Morgan fingerprint density at radius 2 is 1.95 bits per heavy atom. The molecule has 2 heterocycles. The molecule has 1 aromatic carbocycles. The van der Waals surface area contributed by atoms with Crippen molar-refractivity contribution >= 4 is 11.0 Å². The average Bonchev–Trinajstić information content (AvgIpc) is 2.78. The standard InChI is InChI=1S/C14H20N4O/c15-11(7-9-3-5-16-6-4-9)10-1-2-12-13(8-10)18-14(19)17-12/h1-2,8-9,11,16H,3-7,15H2,(H2,17,18,19). The van der Waals surface area contributed by atoms with Gasteiger partial charge in [-0.2, -0.15) is 0 Å². The Morgan fingerprint density at radius 1 is 1.21 bits per heavy atom. The highest BCUT2D eigenvalue weighted by molar-refractivity contribution is 5.75. The monoisotopic (exact) mass is 260 g/mol. The van der Waals surface area contributed by atoms with E-state index in [0.717, 1.165) is 36.1 Å². The first-order valence-electron chi connectivity index (χ1n) is 6.90. The van der Waals surface area contributed by atoms with Gasteiger partial charge in [-0.15, -0.1) is 0 Å². The molecule has 19 heavy (non-hydrogen) atoms. The molecule has 0 saturated carbocycles. The van der Waals surface area contributed by atoms with Gasteiger partial charge in [0.05, 0.1) is 11.0 Å². The lowest BCUT2D eigenvalue weighted by atomic mass is 9.89. The molecular formula is C14H20N4O. The number of piperidine rings is 1. The molecule has 5 N–H and O–H groups in total. The Labute approximate surface area is 111 Å². The third-order valence-electron chi connectivity index (χ3n) is 4.01. The van der Waals surface area contributed by atoms with Gasteiger partial charge in [0.2, 0.25) is 0 Å². The highest BCUT2D eigenvalue weighted by Gasteiger charge is 2.17. The highest BCUT2D eigenvalue weighted by atomic mass is 16.1. The van der Waals surface area contributed by atoms with Crippen molar-refractivity contribution in [1.29, 1.82) is 0 Å². The molecule has 2 aromatic rings. The number of fused-ring (bicyclic) bond motifs is 1. The zero-order valence-corrected chi connectivity index (χ0v) is 10.9. The zero-order valence-electron chi connectivity index (χ0n) is 10.9. The minimum Gasteiger partial charge on any atom is -0.324 e. The van der Waals surface area contributed by atoms with Crippen molar-refractivity contribution in [2.45, 2.75) is 25.3 Å². The van der Waals surface area contributed by atoms with Gasteiger partial charge in [-0.3, -0.25) is 0 Å². The number of hydrogen-bond donors (Lipinski definition) is 4. The lowest BCUT2D eigenvalue weighted by molar-refractivity contribution is 0.333. The summed E-state index contributed by atoms with van der Waals surface area (Å²) in [5.74, 6) is 0.706. The first-order valence-corrected chi connectivity index (χ1v) is 6.90. The lowest BCUT2D eigenvalue weighted by Gasteiger charge is -2.25. The molecule has 5 heteroatoms. The maximum atomic E-state index is 11.2. The van der Waals surface area contributed by atoms with Gasteiger partial charge in [0.15, 0.2) is 0 Å². The number of aromatic amines is 2. The summed E-state index contributed by atoms with van der Waals surface area (Å²) in [6.07, 6.45) is 3.43. The highest BCUT2D eigenvalue weighted by Crippen LogP contribution is 2.25. The molecular weight excluding hydrogens is 240 g/mol. The van der Waals surface area contributed by atoms with Crippen LogP contribution in [0, 0.1) is 5.92 Å². The van der Waals surface area contributed by atoms with E-state index in [1.165, 1.54) is 12.8 Å². The molecule has 0 radical (unpaired) electrons. The van der Waals surface area contributed by atoms with Crippen LogP contribution in [0.15, 0.2) is 23.0 Å². The Balaban J connectivity index is 1.76. The summed E-state index contributed by atoms with van der Waals surface area (Å²) in [4.78, 5) is 16.8. The summed E-state index contributed by atoms with van der Waals surface area (Å²) in [5.41, 5.74) is 8.90. The van der Waals surface area contributed by atoms with Crippen molar-refractivity contribution in [3.63, 3.8) is 0 Å². The molecule has 0 spiro atoms. The average molecular weight is 260 g/mol. The Morgan fingerprint density at radius 3 is 2.74 bits per heavy atom. The number of hydrogen-bond acceptors (Lipinski definition) is 3. The summed E-state index contributed by atoms with van der Waals surface area (Å²) in [5, 5.41) is 3.37. The van der Waals surface area contributed by atoms with Crippen molar-refractivity contribution in [3.05, 3.63) is 34.2 Å².